The van der Waals surface area contributed by atoms with Gasteiger partial charge in [0.15, 0.2) is 0 Å². The van der Waals surface area contributed by atoms with Gasteiger partial charge in [-0.25, -0.2) is 4.79 Å². The zero-order valence-electron chi connectivity index (χ0n) is 10.2. The van der Waals surface area contributed by atoms with Crippen LogP contribution in [0.1, 0.15) is 20.8 Å². The molecule has 0 aromatic rings. The molecule has 17 heavy (non-hydrogen) atoms. The first-order valence-electron chi connectivity index (χ1n) is 5.40. The SMILES string of the molecule is CC(C)(C)OOC(=O)N1CCN[C@@H](C(=O)O)C1. The van der Waals surface area contributed by atoms with Crippen LogP contribution in [0.5, 0.6) is 0 Å². The Labute approximate surface area is 99.6 Å². The predicted molar refractivity (Wildman–Crippen MR) is 58.3 cm³/mol. The van der Waals surface area contributed by atoms with Crippen LogP contribution in [0.2, 0.25) is 0 Å². The molecule has 1 amide bonds. The summed E-state index contributed by atoms with van der Waals surface area (Å²) < 4.78 is 0. The number of aliphatic carboxylic acids is 1. The van der Waals surface area contributed by atoms with Gasteiger partial charge in [-0.2, -0.15) is 4.89 Å². The predicted octanol–water partition coefficient (Wildman–Crippen LogP) is 0.212. The maximum absolute atomic E-state index is 11.6. The van der Waals surface area contributed by atoms with E-state index in [9.17, 15) is 9.59 Å². The van der Waals surface area contributed by atoms with Crippen LogP contribution in [-0.4, -0.2) is 53.3 Å². The van der Waals surface area contributed by atoms with Crippen molar-refractivity contribution in [3.8, 4) is 0 Å². The summed E-state index contributed by atoms with van der Waals surface area (Å²) in [5.41, 5.74) is -0.587. The Hall–Kier alpha value is -1.34. The van der Waals surface area contributed by atoms with Gasteiger partial charge in [-0.3, -0.25) is 9.68 Å². The second-order valence-corrected chi connectivity index (χ2v) is 4.84. The zero-order chi connectivity index (χ0) is 13.1. The van der Waals surface area contributed by atoms with Crippen molar-refractivity contribution < 1.29 is 24.5 Å². The van der Waals surface area contributed by atoms with Gasteiger partial charge in [0.05, 0.1) is 6.54 Å². The van der Waals surface area contributed by atoms with E-state index in [2.05, 4.69) is 10.2 Å². The minimum absolute atomic E-state index is 0.0711. The third kappa shape index (κ3) is 4.58. The van der Waals surface area contributed by atoms with Gasteiger partial charge in [-0.1, -0.05) is 0 Å². The maximum Gasteiger partial charge on any atom is 0.441 e. The molecule has 0 radical (unpaired) electrons. The lowest BCUT2D eigenvalue weighted by Gasteiger charge is -2.30. The van der Waals surface area contributed by atoms with Crippen LogP contribution in [0.15, 0.2) is 0 Å². The van der Waals surface area contributed by atoms with Crippen LogP contribution >= 0.6 is 0 Å². The molecule has 1 saturated heterocycles. The van der Waals surface area contributed by atoms with Crippen molar-refractivity contribution in [3.63, 3.8) is 0 Å². The van der Waals surface area contributed by atoms with Gasteiger partial charge in [-0.05, 0) is 20.8 Å². The number of carboxylic acids is 1. The first-order valence-corrected chi connectivity index (χ1v) is 5.40. The summed E-state index contributed by atoms with van der Waals surface area (Å²) in [7, 11) is 0. The Balaban J connectivity index is 2.44. The molecule has 0 unspecified atom stereocenters. The topological polar surface area (TPSA) is 88.1 Å². The summed E-state index contributed by atoms with van der Waals surface area (Å²) in [6, 6.07) is -0.758. The normalized spacial score (nSPS) is 21.1. The second-order valence-electron chi connectivity index (χ2n) is 4.84. The van der Waals surface area contributed by atoms with Crippen LogP contribution < -0.4 is 5.32 Å². The fourth-order valence-corrected chi connectivity index (χ4v) is 1.29. The van der Waals surface area contributed by atoms with E-state index in [1.54, 1.807) is 20.8 Å². The summed E-state index contributed by atoms with van der Waals surface area (Å²) in [5.74, 6) is -0.987. The van der Waals surface area contributed by atoms with E-state index < -0.39 is 23.7 Å². The lowest BCUT2D eigenvalue weighted by Crippen LogP contribution is -2.55. The van der Waals surface area contributed by atoms with Crippen LogP contribution in [0.4, 0.5) is 4.79 Å². The number of carbonyl (C=O) groups is 2. The molecule has 98 valence electrons. The maximum atomic E-state index is 11.6. The molecule has 0 aliphatic carbocycles. The molecule has 1 aliphatic heterocycles. The number of carboxylic acid groups (broad SMARTS) is 1. The number of amides is 1. The van der Waals surface area contributed by atoms with Crippen molar-refractivity contribution in [1.82, 2.24) is 10.2 Å². The summed E-state index contributed by atoms with van der Waals surface area (Å²) in [6.07, 6.45) is -0.660. The highest BCUT2D eigenvalue weighted by atomic mass is 17.2. The van der Waals surface area contributed by atoms with E-state index in [0.29, 0.717) is 13.1 Å². The molecule has 0 spiro atoms. The highest BCUT2D eigenvalue weighted by Crippen LogP contribution is 2.09. The van der Waals surface area contributed by atoms with E-state index in [-0.39, 0.29) is 6.54 Å². The summed E-state index contributed by atoms with van der Waals surface area (Å²) in [6.45, 7) is 6.13. The third-order valence-corrected chi connectivity index (χ3v) is 2.09. The van der Waals surface area contributed by atoms with Crippen molar-refractivity contribution in [3.05, 3.63) is 0 Å². The van der Waals surface area contributed by atoms with Gasteiger partial charge in [0.1, 0.15) is 11.6 Å². The van der Waals surface area contributed by atoms with E-state index >= 15 is 0 Å². The van der Waals surface area contributed by atoms with E-state index in [4.69, 9.17) is 9.99 Å². The molecule has 1 atom stereocenters. The Morgan fingerprint density at radius 2 is 2.06 bits per heavy atom. The molecule has 1 rings (SSSR count). The molecule has 1 fully saturated rings. The Bertz CT molecular complexity index is 300. The van der Waals surface area contributed by atoms with E-state index in [1.165, 1.54) is 4.90 Å². The fourth-order valence-electron chi connectivity index (χ4n) is 1.29. The molecular formula is C10H18N2O5. The third-order valence-electron chi connectivity index (χ3n) is 2.09. The van der Waals surface area contributed by atoms with Crippen molar-refractivity contribution in [1.29, 1.82) is 0 Å². The van der Waals surface area contributed by atoms with Crippen molar-refractivity contribution >= 4 is 12.1 Å². The minimum Gasteiger partial charge on any atom is -0.480 e. The number of rotatable bonds is 2. The zero-order valence-corrected chi connectivity index (χ0v) is 10.2. The van der Waals surface area contributed by atoms with E-state index in [0.717, 1.165) is 0 Å². The van der Waals surface area contributed by atoms with Crippen LogP contribution in [-0.2, 0) is 14.6 Å². The highest BCUT2D eigenvalue weighted by molar-refractivity contribution is 5.75. The smallest absolute Gasteiger partial charge is 0.441 e. The van der Waals surface area contributed by atoms with Gasteiger partial charge < -0.3 is 15.3 Å². The number of nitrogens with zero attached hydrogens (tertiary/aromatic N) is 1. The van der Waals surface area contributed by atoms with Crippen molar-refractivity contribution in [2.45, 2.75) is 32.4 Å². The van der Waals surface area contributed by atoms with Gasteiger partial charge in [0.25, 0.3) is 0 Å². The molecule has 0 aromatic carbocycles. The molecule has 0 saturated carbocycles. The Morgan fingerprint density at radius 3 is 2.59 bits per heavy atom. The van der Waals surface area contributed by atoms with Crippen LogP contribution in [0.3, 0.4) is 0 Å². The molecule has 7 nitrogen and oxygen atoms in total. The standard InChI is InChI=1S/C10H18N2O5/c1-10(2,3)17-16-9(15)12-5-4-11-7(6-12)8(13)14/h7,11H,4-6H2,1-3H3,(H,13,14)/t7-/m1/s1. The van der Waals surface area contributed by atoms with Gasteiger partial charge in [-0.15, -0.1) is 0 Å². The number of carbonyl (C=O) groups excluding carboxylic acids is 1. The minimum atomic E-state index is -0.987. The monoisotopic (exact) mass is 246 g/mol. The quantitative estimate of drug-likeness (QED) is 0.535. The van der Waals surface area contributed by atoms with Crippen LogP contribution in [0, 0.1) is 0 Å². The highest BCUT2D eigenvalue weighted by Gasteiger charge is 2.29. The lowest BCUT2D eigenvalue weighted by atomic mass is 10.2. The van der Waals surface area contributed by atoms with Gasteiger partial charge >= 0.3 is 12.1 Å². The molecular weight excluding hydrogens is 228 g/mol. The molecule has 0 aromatic heterocycles. The summed E-state index contributed by atoms with van der Waals surface area (Å²) in [4.78, 5) is 33.2. The molecule has 2 N–H and O–H groups in total. The van der Waals surface area contributed by atoms with Gasteiger partial charge in [0, 0.05) is 13.1 Å². The summed E-state index contributed by atoms with van der Waals surface area (Å²) in [5, 5.41) is 11.6. The second kappa shape index (κ2) is 5.33. The lowest BCUT2D eigenvalue weighted by molar-refractivity contribution is -0.305. The van der Waals surface area contributed by atoms with Gasteiger partial charge in [0.2, 0.25) is 0 Å². The molecule has 1 aliphatic rings. The molecule has 7 heteroatoms. The van der Waals surface area contributed by atoms with E-state index in [1.807, 2.05) is 0 Å². The number of piperazine rings is 1. The summed E-state index contributed by atoms with van der Waals surface area (Å²) >= 11 is 0. The number of nitrogens with one attached hydrogen (secondary N) is 1. The Morgan fingerprint density at radius 1 is 1.41 bits per heavy atom. The average Bonchev–Trinajstić information content (AvgIpc) is 2.25. The van der Waals surface area contributed by atoms with Crippen LogP contribution in [0.25, 0.3) is 0 Å². The Kier molecular flexibility index (Phi) is 4.30. The van der Waals surface area contributed by atoms with Crippen molar-refractivity contribution in [2.24, 2.45) is 0 Å². The number of hydrogen-bond acceptors (Lipinski definition) is 5. The average molecular weight is 246 g/mol. The largest absolute Gasteiger partial charge is 0.480 e. The molecule has 0 bridgehead atoms. The first-order chi connectivity index (χ1) is 7.79. The first kappa shape index (κ1) is 13.7. The van der Waals surface area contributed by atoms with Crippen molar-refractivity contribution in [2.75, 3.05) is 19.6 Å². The molecule has 1 heterocycles. The fraction of sp³-hybridized carbons (Fsp3) is 0.800. The number of hydrogen-bond donors (Lipinski definition) is 2.